The standard InChI is InChI=1S/C14H15NO3/c1-15-6-2-3-11(14(15)16)7-10-4-5-12-13(8-10)18-9-17-12/h4-5,7-8H,2-3,6,9H2,1H3/b11-7+. The van der Waals surface area contributed by atoms with Crippen LogP contribution in [0.25, 0.3) is 6.08 Å². The minimum Gasteiger partial charge on any atom is -0.454 e. The van der Waals surface area contributed by atoms with E-state index in [2.05, 4.69) is 0 Å². The molecule has 0 aliphatic carbocycles. The summed E-state index contributed by atoms with van der Waals surface area (Å²) < 4.78 is 10.6. The van der Waals surface area contributed by atoms with Crippen LogP contribution in [0.15, 0.2) is 23.8 Å². The van der Waals surface area contributed by atoms with Crippen LogP contribution in [0.4, 0.5) is 0 Å². The fraction of sp³-hybridized carbons (Fsp3) is 0.357. The number of carbonyl (C=O) groups excluding carboxylic acids is 1. The van der Waals surface area contributed by atoms with Gasteiger partial charge in [0.15, 0.2) is 11.5 Å². The fourth-order valence-corrected chi connectivity index (χ4v) is 2.30. The highest BCUT2D eigenvalue weighted by molar-refractivity contribution is 5.98. The van der Waals surface area contributed by atoms with Gasteiger partial charge in [0.2, 0.25) is 12.7 Å². The Morgan fingerprint density at radius 3 is 3.00 bits per heavy atom. The minimum atomic E-state index is 0.124. The Bertz CT molecular complexity index is 522. The molecule has 2 heterocycles. The Balaban J connectivity index is 1.89. The summed E-state index contributed by atoms with van der Waals surface area (Å²) in [6, 6.07) is 5.74. The summed E-state index contributed by atoms with van der Waals surface area (Å²) in [5.74, 6) is 1.64. The van der Waals surface area contributed by atoms with E-state index in [1.165, 1.54) is 0 Å². The van der Waals surface area contributed by atoms with E-state index in [-0.39, 0.29) is 12.7 Å². The molecule has 4 nitrogen and oxygen atoms in total. The molecular weight excluding hydrogens is 230 g/mol. The van der Waals surface area contributed by atoms with Gasteiger partial charge in [-0.1, -0.05) is 6.07 Å². The predicted molar refractivity (Wildman–Crippen MR) is 67.4 cm³/mol. The average molecular weight is 245 g/mol. The number of nitrogens with zero attached hydrogens (tertiary/aromatic N) is 1. The molecule has 3 rings (SSSR count). The third-order valence-corrected chi connectivity index (χ3v) is 3.30. The number of fused-ring (bicyclic) bond motifs is 1. The molecule has 18 heavy (non-hydrogen) atoms. The van der Waals surface area contributed by atoms with Gasteiger partial charge in [0.25, 0.3) is 0 Å². The van der Waals surface area contributed by atoms with Crippen molar-refractivity contribution in [2.24, 2.45) is 0 Å². The highest BCUT2D eigenvalue weighted by atomic mass is 16.7. The molecule has 0 unspecified atom stereocenters. The summed E-state index contributed by atoms with van der Waals surface area (Å²) in [6.45, 7) is 1.12. The molecule has 4 heteroatoms. The number of hydrogen-bond acceptors (Lipinski definition) is 3. The van der Waals surface area contributed by atoms with Gasteiger partial charge in [-0.2, -0.15) is 0 Å². The molecule has 0 spiro atoms. The van der Waals surface area contributed by atoms with Gasteiger partial charge >= 0.3 is 0 Å². The Morgan fingerprint density at radius 2 is 2.11 bits per heavy atom. The topological polar surface area (TPSA) is 38.8 Å². The van der Waals surface area contributed by atoms with E-state index in [0.29, 0.717) is 0 Å². The van der Waals surface area contributed by atoms with Gasteiger partial charge in [-0.05, 0) is 36.6 Å². The molecule has 2 aliphatic rings. The summed E-state index contributed by atoms with van der Waals surface area (Å²) in [7, 11) is 1.84. The van der Waals surface area contributed by atoms with Crippen molar-refractivity contribution in [3.05, 3.63) is 29.3 Å². The monoisotopic (exact) mass is 245 g/mol. The maximum Gasteiger partial charge on any atom is 0.249 e. The molecule has 0 N–H and O–H groups in total. The number of amides is 1. The number of likely N-dealkylation sites (N-methyl/N-ethyl adjacent to an activating group) is 1. The van der Waals surface area contributed by atoms with Crippen LogP contribution in [0.3, 0.4) is 0 Å². The van der Waals surface area contributed by atoms with Crippen molar-refractivity contribution in [2.75, 3.05) is 20.4 Å². The Hall–Kier alpha value is -1.97. The minimum absolute atomic E-state index is 0.124. The van der Waals surface area contributed by atoms with Crippen molar-refractivity contribution in [3.8, 4) is 11.5 Å². The quantitative estimate of drug-likeness (QED) is 0.711. The molecule has 1 amide bonds. The summed E-state index contributed by atoms with van der Waals surface area (Å²) in [5, 5.41) is 0. The summed E-state index contributed by atoms with van der Waals surface area (Å²) in [6.07, 6.45) is 3.82. The lowest BCUT2D eigenvalue weighted by Crippen LogP contribution is -2.33. The largest absolute Gasteiger partial charge is 0.454 e. The van der Waals surface area contributed by atoms with Gasteiger partial charge in [0.1, 0.15) is 0 Å². The van der Waals surface area contributed by atoms with Gasteiger partial charge in [-0.25, -0.2) is 0 Å². The first-order valence-electron chi connectivity index (χ1n) is 6.10. The van der Waals surface area contributed by atoms with Crippen LogP contribution in [0.5, 0.6) is 11.5 Å². The molecule has 2 aliphatic heterocycles. The Morgan fingerprint density at radius 1 is 1.28 bits per heavy atom. The second kappa shape index (κ2) is 4.37. The van der Waals surface area contributed by atoms with E-state index in [1.54, 1.807) is 4.90 Å². The van der Waals surface area contributed by atoms with E-state index < -0.39 is 0 Å². The second-order valence-electron chi connectivity index (χ2n) is 4.61. The lowest BCUT2D eigenvalue weighted by atomic mass is 10.0. The molecule has 1 fully saturated rings. The molecule has 0 atom stereocenters. The van der Waals surface area contributed by atoms with Crippen molar-refractivity contribution < 1.29 is 14.3 Å². The van der Waals surface area contributed by atoms with Crippen LogP contribution < -0.4 is 9.47 Å². The van der Waals surface area contributed by atoms with Gasteiger partial charge in [-0.15, -0.1) is 0 Å². The summed E-state index contributed by atoms with van der Waals surface area (Å²) in [5.41, 5.74) is 1.85. The first kappa shape index (κ1) is 11.1. The van der Waals surface area contributed by atoms with Gasteiger partial charge in [-0.3, -0.25) is 4.79 Å². The molecule has 1 aromatic rings. The van der Waals surface area contributed by atoms with E-state index >= 15 is 0 Å². The Kier molecular flexibility index (Phi) is 2.70. The van der Waals surface area contributed by atoms with Crippen molar-refractivity contribution in [2.45, 2.75) is 12.8 Å². The van der Waals surface area contributed by atoms with Crippen LogP contribution in [-0.2, 0) is 4.79 Å². The number of hydrogen-bond donors (Lipinski definition) is 0. The smallest absolute Gasteiger partial charge is 0.249 e. The van der Waals surface area contributed by atoms with E-state index in [4.69, 9.17) is 9.47 Å². The van der Waals surface area contributed by atoms with Crippen LogP contribution in [0.2, 0.25) is 0 Å². The third-order valence-electron chi connectivity index (χ3n) is 3.30. The highest BCUT2D eigenvalue weighted by Gasteiger charge is 2.20. The second-order valence-corrected chi connectivity index (χ2v) is 4.61. The van der Waals surface area contributed by atoms with Gasteiger partial charge in [0.05, 0.1) is 0 Å². The van der Waals surface area contributed by atoms with Crippen LogP contribution >= 0.6 is 0 Å². The lowest BCUT2D eigenvalue weighted by Gasteiger charge is -2.24. The highest BCUT2D eigenvalue weighted by Crippen LogP contribution is 2.33. The summed E-state index contributed by atoms with van der Waals surface area (Å²) in [4.78, 5) is 13.7. The molecule has 94 valence electrons. The maximum absolute atomic E-state index is 12.0. The normalized spacial score (nSPS) is 20.6. The first-order chi connectivity index (χ1) is 8.74. The number of rotatable bonds is 1. The molecule has 1 saturated heterocycles. The zero-order chi connectivity index (χ0) is 12.5. The average Bonchev–Trinajstić information content (AvgIpc) is 2.82. The first-order valence-corrected chi connectivity index (χ1v) is 6.10. The maximum atomic E-state index is 12.0. The number of carbonyl (C=O) groups is 1. The Labute approximate surface area is 106 Å². The fourth-order valence-electron chi connectivity index (χ4n) is 2.30. The molecule has 0 bridgehead atoms. The predicted octanol–water partition coefficient (Wildman–Crippen LogP) is 2.05. The van der Waals surface area contributed by atoms with Crippen molar-refractivity contribution in [3.63, 3.8) is 0 Å². The van der Waals surface area contributed by atoms with Crippen molar-refractivity contribution in [1.29, 1.82) is 0 Å². The molecule has 0 aromatic heterocycles. The number of piperidine rings is 1. The molecular formula is C14H15NO3. The summed E-state index contributed by atoms with van der Waals surface area (Å²) >= 11 is 0. The van der Waals surface area contributed by atoms with Crippen LogP contribution in [0, 0.1) is 0 Å². The number of likely N-dealkylation sites (tertiary alicyclic amines) is 1. The van der Waals surface area contributed by atoms with Crippen molar-refractivity contribution >= 4 is 12.0 Å². The van der Waals surface area contributed by atoms with Crippen molar-refractivity contribution in [1.82, 2.24) is 4.90 Å². The SMILES string of the molecule is CN1CCC/C(=C\c2ccc3c(c2)OCO3)C1=O. The zero-order valence-electron chi connectivity index (χ0n) is 10.3. The molecule has 1 aromatic carbocycles. The number of benzene rings is 1. The van der Waals surface area contributed by atoms with Crippen LogP contribution in [-0.4, -0.2) is 31.2 Å². The van der Waals surface area contributed by atoms with Crippen LogP contribution in [0.1, 0.15) is 18.4 Å². The molecule has 0 radical (unpaired) electrons. The van der Waals surface area contributed by atoms with E-state index in [1.807, 2.05) is 31.3 Å². The van der Waals surface area contributed by atoms with Gasteiger partial charge < -0.3 is 14.4 Å². The number of ether oxygens (including phenoxy) is 2. The third kappa shape index (κ3) is 1.94. The van der Waals surface area contributed by atoms with E-state index in [0.717, 1.165) is 42.0 Å². The molecule has 0 saturated carbocycles. The lowest BCUT2D eigenvalue weighted by molar-refractivity contribution is -0.127. The zero-order valence-corrected chi connectivity index (χ0v) is 10.3. The van der Waals surface area contributed by atoms with E-state index in [9.17, 15) is 4.79 Å². The van der Waals surface area contributed by atoms with Gasteiger partial charge in [0, 0.05) is 19.2 Å².